The van der Waals surface area contributed by atoms with Crippen LogP contribution in [0.4, 0.5) is 5.69 Å². The number of rotatable bonds is 1. The van der Waals surface area contributed by atoms with Gasteiger partial charge in [-0.15, -0.1) is 0 Å². The predicted molar refractivity (Wildman–Crippen MR) is 90.4 cm³/mol. The van der Waals surface area contributed by atoms with Crippen LogP contribution in [0.15, 0.2) is 53.5 Å². The van der Waals surface area contributed by atoms with Crippen LogP contribution in [0.2, 0.25) is 5.02 Å². The van der Waals surface area contributed by atoms with Gasteiger partial charge in [0.1, 0.15) is 6.54 Å². The number of anilines is 1. The van der Waals surface area contributed by atoms with Gasteiger partial charge in [-0.3, -0.25) is 9.79 Å². The summed E-state index contributed by atoms with van der Waals surface area (Å²) in [6.45, 7) is 0.146. The Morgan fingerprint density at radius 1 is 1.14 bits per heavy atom. The Labute approximate surface area is 158 Å². The van der Waals surface area contributed by atoms with Gasteiger partial charge in [0.05, 0.1) is 11.4 Å². The third-order valence-electron chi connectivity index (χ3n) is 3.37. The molecule has 0 radical (unpaired) electrons. The van der Waals surface area contributed by atoms with Crippen molar-refractivity contribution in [2.24, 2.45) is 4.99 Å². The Kier molecular flexibility index (Phi) is 5.44. The molecular weight excluding hydrogens is 312 g/mol. The van der Waals surface area contributed by atoms with Gasteiger partial charge in [0.2, 0.25) is 5.91 Å². The summed E-state index contributed by atoms with van der Waals surface area (Å²) in [6.07, 6.45) is 0. The zero-order valence-electron chi connectivity index (χ0n) is 11.0. The fraction of sp³-hybridized carbons (Fsp3) is 0.125. The van der Waals surface area contributed by atoms with Gasteiger partial charge >= 0.3 is 37.7 Å². The van der Waals surface area contributed by atoms with Gasteiger partial charge in [0.25, 0.3) is 0 Å². The fourth-order valence-corrected chi connectivity index (χ4v) is 2.48. The standard InChI is InChI=1S/C16H13ClN2O.Ca.2H/c1-19-14-8-7-12(17)9-13(14)16(18-10-15(19)20)11-5-3-2-4-6-11;;;/h2-9H,10H2,1H3;;;. The Hall–Kier alpha value is -0.870. The minimum atomic E-state index is -0.0282. The normalized spacial score (nSPS) is 13.9. The van der Waals surface area contributed by atoms with Crippen molar-refractivity contribution in [3.8, 4) is 0 Å². The third-order valence-corrected chi connectivity index (χ3v) is 3.60. The quantitative estimate of drug-likeness (QED) is 0.740. The number of amides is 1. The molecule has 0 atom stereocenters. The maximum absolute atomic E-state index is 12.0. The van der Waals surface area contributed by atoms with Crippen molar-refractivity contribution in [1.82, 2.24) is 0 Å². The Morgan fingerprint density at radius 3 is 2.57 bits per heavy atom. The van der Waals surface area contributed by atoms with E-state index in [-0.39, 0.29) is 50.2 Å². The number of hydrogen-bond acceptors (Lipinski definition) is 2. The van der Waals surface area contributed by atoms with Gasteiger partial charge in [-0.05, 0) is 18.2 Å². The molecule has 0 unspecified atom stereocenters. The van der Waals surface area contributed by atoms with Gasteiger partial charge in [-0.1, -0.05) is 41.9 Å². The molecule has 0 aromatic heterocycles. The molecule has 2 aromatic rings. The van der Waals surface area contributed by atoms with Gasteiger partial charge in [0, 0.05) is 23.2 Å². The fourth-order valence-electron chi connectivity index (χ4n) is 2.31. The van der Waals surface area contributed by atoms with Crippen molar-refractivity contribution in [3.05, 3.63) is 64.7 Å². The van der Waals surface area contributed by atoms with E-state index in [2.05, 4.69) is 4.99 Å². The van der Waals surface area contributed by atoms with Crippen molar-refractivity contribution in [2.45, 2.75) is 0 Å². The van der Waals surface area contributed by atoms with Gasteiger partial charge in [-0.25, -0.2) is 0 Å². The molecule has 0 spiro atoms. The molecule has 0 aliphatic carbocycles. The van der Waals surface area contributed by atoms with Crippen LogP contribution >= 0.6 is 11.6 Å². The zero-order chi connectivity index (χ0) is 14.1. The van der Waals surface area contributed by atoms with E-state index >= 15 is 0 Å². The van der Waals surface area contributed by atoms with E-state index in [9.17, 15) is 4.79 Å². The Balaban J connectivity index is 0.00000161. The predicted octanol–water partition coefficient (Wildman–Crippen LogP) is 2.24. The summed E-state index contributed by atoms with van der Waals surface area (Å²) in [4.78, 5) is 18.1. The molecule has 1 aliphatic heterocycles. The summed E-state index contributed by atoms with van der Waals surface area (Å²) >= 11 is 6.11. The monoisotopic (exact) mass is 326 g/mol. The molecule has 0 saturated carbocycles. The van der Waals surface area contributed by atoms with Crippen LogP contribution in [-0.4, -0.2) is 62.9 Å². The average molecular weight is 327 g/mol. The average Bonchev–Trinajstić information content (AvgIpc) is 2.58. The van der Waals surface area contributed by atoms with E-state index in [0.29, 0.717) is 5.02 Å². The number of halogens is 1. The van der Waals surface area contributed by atoms with Crippen LogP contribution in [0.25, 0.3) is 0 Å². The number of nitrogens with zero attached hydrogens (tertiary/aromatic N) is 2. The first-order valence-electron chi connectivity index (χ1n) is 6.33. The van der Waals surface area contributed by atoms with E-state index in [1.807, 2.05) is 42.5 Å². The van der Waals surface area contributed by atoms with Crippen molar-refractivity contribution in [2.75, 3.05) is 18.5 Å². The van der Waals surface area contributed by atoms with Crippen molar-refractivity contribution < 1.29 is 4.79 Å². The van der Waals surface area contributed by atoms with E-state index in [1.165, 1.54) is 0 Å². The molecular formula is C16H15CaClN2O. The first kappa shape index (κ1) is 16.5. The van der Waals surface area contributed by atoms with Crippen LogP contribution in [-0.2, 0) is 4.79 Å². The summed E-state index contributed by atoms with van der Waals surface area (Å²) in [6, 6.07) is 15.3. The molecule has 1 heterocycles. The van der Waals surface area contributed by atoms with Crippen LogP contribution < -0.4 is 4.90 Å². The zero-order valence-corrected chi connectivity index (χ0v) is 11.8. The molecule has 2 aromatic carbocycles. The number of likely N-dealkylation sites (N-methyl/N-ethyl adjacent to an activating group) is 1. The number of benzene rings is 2. The van der Waals surface area contributed by atoms with Crippen LogP contribution in [0.5, 0.6) is 0 Å². The number of fused-ring (bicyclic) bond motifs is 1. The van der Waals surface area contributed by atoms with Gasteiger partial charge in [-0.2, -0.15) is 0 Å². The SMILES string of the molecule is CN1C(=O)CN=C(c2ccccc2)c2cc(Cl)ccc21.[CaH2]. The summed E-state index contributed by atoms with van der Waals surface area (Å²) in [5.74, 6) is -0.0282. The minimum absolute atomic E-state index is 0. The van der Waals surface area contributed by atoms with Crippen molar-refractivity contribution in [1.29, 1.82) is 0 Å². The molecule has 0 bridgehead atoms. The first-order valence-corrected chi connectivity index (χ1v) is 6.71. The van der Waals surface area contributed by atoms with E-state index in [1.54, 1.807) is 18.0 Å². The molecule has 5 heteroatoms. The molecule has 21 heavy (non-hydrogen) atoms. The Morgan fingerprint density at radius 2 is 1.86 bits per heavy atom. The second-order valence-corrected chi connectivity index (χ2v) is 5.08. The number of benzodiazepines with no additional fused rings is 1. The Bertz CT molecular complexity index is 701. The second-order valence-electron chi connectivity index (χ2n) is 4.65. The van der Waals surface area contributed by atoms with E-state index < -0.39 is 0 Å². The molecule has 3 nitrogen and oxygen atoms in total. The molecule has 0 fully saturated rings. The summed E-state index contributed by atoms with van der Waals surface area (Å²) in [5, 5.41) is 0.634. The van der Waals surface area contributed by atoms with Crippen LogP contribution in [0.3, 0.4) is 0 Å². The summed E-state index contributed by atoms with van der Waals surface area (Å²) < 4.78 is 0. The van der Waals surface area contributed by atoms with Crippen molar-refractivity contribution >= 4 is 66.6 Å². The summed E-state index contributed by atoms with van der Waals surface area (Å²) in [5.41, 5.74) is 3.51. The number of carbonyl (C=O) groups excluding carboxylic acids is 1. The second kappa shape index (κ2) is 6.93. The number of carbonyl (C=O) groups is 1. The van der Waals surface area contributed by atoms with Crippen LogP contribution in [0, 0.1) is 0 Å². The molecule has 1 amide bonds. The number of hydrogen-bond donors (Lipinski definition) is 0. The van der Waals surface area contributed by atoms with Crippen molar-refractivity contribution in [3.63, 3.8) is 0 Å². The van der Waals surface area contributed by atoms with E-state index in [0.717, 1.165) is 22.5 Å². The molecule has 1 aliphatic rings. The third kappa shape index (κ3) is 3.32. The van der Waals surface area contributed by atoms with Gasteiger partial charge in [0.15, 0.2) is 0 Å². The maximum atomic E-state index is 12.0. The molecule has 0 N–H and O–H groups in total. The summed E-state index contributed by atoms with van der Waals surface area (Å²) in [7, 11) is 1.76. The first-order chi connectivity index (χ1) is 9.66. The number of aliphatic imine (C=N–C) groups is 1. The molecule has 0 saturated heterocycles. The molecule has 3 rings (SSSR count). The molecule has 104 valence electrons. The topological polar surface area (TPSA) is 32.7 Å². The van der Waals surface area contributed by atoms with Gasteiger partial charge < -0.3 is 4.90 Å². The van der Waals surface area contributed by atoms with Crippen LogP contribution in [0.1, 0.15) is 11.1 Å². The van der Waals surface area contributed by atoms with E-state index in [4.69, 9.17) is 11.6 Å².